The lowest BCUT2D eigenvalue weighted by atomic mass is 10.0. The summed E-state index contributed by atoms with van der Waals surface area (Å²) in [6.45, 7) is 12.7. The fourth-order valence-electron chi connectivity index (χ4n) is 3.51. The third-order valence-electron chi connectivity index (χ3n) is 5.30. The van der Waals surface area contributed by atoms with Crippen LogP contribution >= 0.6 is 0 Å². The van der Waals surface area contributed by atoms with Gasteiger partial charge in [-0.25, -0.2) is 0 Å². The van der Waals surface area contributed by atoms with Crippen LogP contribution in [-0.4, -0.2) is 19.0 Å². The molecule has 0 fully saturated rings. The maximum absolute atomic E-state index is 12.6. The molecular formula is C26H32N2O3. The third kappa shape index (κ3) is 5.69. The number of carbonyl (C=O) groups is 1. The SMILES string of the molecule is CCN(CC)c1ccc(NC(=O)c2ccc(COc3cc(C)ccc3C(C)C)o2)cc1. The van der Waals surface area contributed by atoms with Crippen LogP contribution in [0, 0.1) is 6.92 Å². The number of rotatable bonds is 9. The van der Waals surface area contributed by atoms with Crippen molar-refractivity contribution in [2.45, 2.75) is 47.1 Å². The van der Waals surface area contributed by atoms with E-state index in [1.54, 1.807) is 12.1 Å². The van der Waals surface area contributed by atoms with Gasteiger partial charge in [0.15, 0.2) is 5.76 Å². The molecule has 0 radical (unpaired) electrons. The first-order chi connectivity index (χ1) is 14.9. The molecule has 1 amide bonds. The van der Waals surface area contributed by atoms with E-state index in [2.05, 4.69) is 50.0 Å². The summed E-state index contributed by atoms with van der Waals surface area (Å²) < 4.78 is 11.7. The highest BCUT2D eigenvalue weighted by atomic mass is 16.5. The normalized spacial score (nSPS) is 10.9. The lowest BCUT2D eigenvalue weighted by molar-refractivity contribution is 0.0992. The Hall–Kier alpha value is -3.21. The molecule has 0 saturated carbocycles. The fourth-order valence-corrected chi connectivity index (χ4v) is 3.51. The highest BCUT2D eigenvalue weighted by Crippen LogP contribution is 2.28. The van der Waals surface area contributed by atoms with E-state index in [4.69, 9.17) is 9.15 Å². The van der Waals surface area contributed by atoms with Gasteiger partial charge in [0.2, 0.25) is 0 Å². The van der Waals surface area contributed by atoms with Crippen LogP contribution in [0.2, 0.25) is 0 Å². The van der Waals surface area contributed by atoms with Crippen molar-refractivity contribution < 1.29 is 13.9 Å². The molecule has 0 aliphatic carbocycles. The molecule has 5 heteroatoms. The van der Waals surface area contributed by atoms with Crippen molar-refractivity contribution in [2.75, 3.05) is 23.3 Å². The molecule has 5 nitrogen and oxygen atoms in total. The van der Waals surface area contributed by atoms with Crippen molar-refractivity contribution in [1.29, 1.82) is 0 Å². The van der Waals surface area contributed by atoms with E-state index in [0.717, 1.165) is 41.3 Å². The Morgan fingerprint density at radius 3 is 2.39 bits per heavy atom. The van der Waals surface area contributed by atoms with Crippen LogP contribution in [0.15, 0.2) is 59.0 Å². The van der Waals surface area contributed by atoms with Gasteiger partial charge in [-0.1, -0.05) is 26.0 Å². The van der Waals surface area contributed by atoms with Crippen LogP contribution in [0.3, 0.4) is 0 Å². The first kappa shape index (κ1) is 22.5. The Morgan fingerprint density at radius 2 is 1.74 bits per heavy atom. The van der Waals surface area contributed by atoms with Crippen molar-refractivity contribution in [2.24, 2.45) is 0 Å². The van der Waals surface area contributed by atoms with Gasteiger partial charge in [0.1, 0.15) is 18.1 Å². The van der Waals surface area contributed by atoms with E-state index in [-0.39, 0.29) is 18.3 Å². The van der Waals surface area contributed by atoms with Gasteiger partial charge in [-0.2, -0.15) is 0 Å². The second-order valence-electron chi connectivity index (χ2n) is 7.92. The molecule has 0 unspecified atom stereocenters. The smallest absolute Gasteiger partial charge is 0.291 e. The summed E-state index contributed by atoms with van der Waals surface area (Å²) >= 11 is 0. The van der Waals surface area contributed by atoms with Gasteiger partial charge in [-0.15, -0.1) is 0 Å². The minimum Gasteiger partial charge on any atom is -0.485 e. The van der Waals surface area contributed by atoms with Crippen LogP contribution < -0.4 is 15.0 Å². The van der Waals surface area contributed by atoms with E-state index in [0.29, 0.717) is 11.7 Å². The topological polar surface area (TPSA) is 54.7 Å². The van der Waals surface area contributed by atoms with Crippen LogP contribution in [0.4, 0.5) is 11.4 Å². The lowest BCUT2D eigenvalue weighted by Gasteiger charge is -2.21. The number of anilines is 2. The average Bonchev–Trinajstić information content (AvgIpc) is 3.23. The minimum atomic E-state index is -0.278. The predicted molar refractivity (Wildman–Crippen MR) is 126 cm³/mol. The maximum atomic E-state index is 12.6. The number of hydrogen-bond acceptors (Lipinski definition) is 4. The molecule has 1 heterocycles. The standard InChI is InChI=1S/C26H32N2O3/c1-6-28(7-2)21-11-9-20(10-12-21)27-26(29)24-15-13-22(31-24)17-30-25-16-19(5)8-14-23(25)18(3)4/h8-16,18H,6-7,17H2,1-5H3,(H,27,29). The van der Waals surface area contributed by atoms with E-state index >= 15 is 0 Å². The molecule has 164 valence electrons. The van der Waals surface area contributed by atoms with Gasteiger partial charge in [-0.3, -0.25) is 4.79 Å². The molecule has 0 spiro atoms. The summed E-state index contributed by atoms with van der Waals surface area (Å²) in [6.07, 6.45) is 0. The number of amides is 1. The van der Waals surface area contributed by atoms with E-state index < -0.39 is 0 Å². The zero-order chi connectivity index (χ0) is 22.4. The quantitative estimate of drug-likeness (QED) is 0.436. The van der Waals surface area contributed by atoms with Gasteiger partial charge in [-0.05, 0) is 80.3 Å². The number of aryl methyl sites for hydroxylation is 1. The molecule has 0 aliphatic rings. The van der Waals surface area contributed by atoms with Gasteiger partial charge in [0, 0.05) is 24.5 Å². The summed E-state index contributed by atoms with van der Waals surface area (Å²) in [5.74, 6) is 1.81. The zero-order valence-corrected chi connectivity index (χ0v) is 19.1. The molecule has 1 aromatic heterocycles. The van der Waals surface area contributed by atoms with Crippen molar-refractivity contribution in [3.63, 3.8) is 0 Å². The second-order valence-corrected chi connectivity index (χ2v) is 7.92. The van der Waals surface area contributed by atoms with Crippen molar-refractivity contribution in [1.82, 2.24) is 0 Å². The van der Waals surface area contributed by atoms with Crippen LogP contribution in [-0.2, 0) is 6.61 Å². The molecule has 3 aromatic rings. The van der Waals surface area contributed by atoms with E-state index in [9.17, 15) is 4.79 Å². The summed E-state index contributed by atoms with van der Waals surface area (Å²) in [5.41, 5.74) is 4.17. The molecule has 0 saturated heterocycles. The molecule has 2 aromatic carbocycles. The Balaban J connectivity index is 1.62. The number of furan rings is 1. The third-order valence-corrected chi connectivity index (χ3v) is 5.30. The zero-order valence-electron chi connectivity index (χ0n) is 19.1. The van der Waals surface area contributed by atoms with Crippen molar-refractivity contribution >= 4 is 17.3 Å². The largest absolute Gasteiger partial charge is 0.485 e. The van der Waals surface area contributed by atoms with Crippen molar-refractivity contribution in [3.05, 3.63) is 77.2 Å². The van der Waals surface area contributed by atoms with Crippen LogP contribution in [0.5, 0.6) is 5.75 Å². The first-order valence-electron chi connectivity index (χ1n) is 10.9. The molecular weight excluding hydrogens is 388 g/mol. The Labute approximate surface area is 185 Å². The Morgan fingerprint density at radius 1 is 1.03 bits per heavy atom. The predicted octanol–water partition coefficient (Wildman–Crippen LogP) is 6.39. The average molecular weight is 421 g/mol. The van der Waals surface area contributed by atoms with E-state index in [1.807, 2.05) is 37.3 Å². The monoisotopic (exact) mass is 420 g/mol. The van der Waals surface area contributed by atoms with Gasteiger partial charge in [0.25, 0.3) is 5.91 Å². The summed E-state index contributed by atoms with van der Waals surface area (Å²) in [7, 11) is 0. The molecule has 0 atom stereocenters. The molecule has 0 bridgehead atoms. The molecule has 3 rings (SSSR count). The second kappa shape index (κ2) is 10.2. The fraction of sp³-hybridized carbons (Fsp3) is 0.346. The van der Waals surface area contributed by atoms with Crippen LogP contribution in [0.25, 0.3) is 0 Å². The molecule has 1 N–H and O–H groups in total. The highest BCUT2D eigenvalue weighted by molar-refractivity contribution is 6.02. The number of nitrogens with zero attached hydrogens (tertiary/aromatic N) is 1. The summed E-state index contributed by atoms with van der Waals surface area (Å²) in [6, 6.07) is 17.5. The Kier molecular flexibility index (Phi) is 7.40. The maximum Gasteiger partial charge on any atom is 0.291 e. The summed E-state index contributed by atoms with van der Waals surface area (Å²) in [5, 5.41) is 2.89. The number of carbonyl (C=O) groups excluding carboxylic acids is 1. The first-order valence-corrected chi connectivity index (χ1v) is 10.9. The van der Waals surface area contributed by atoms with Gasteiger partial charge < -0.3 is 19.4 Å². The Bertz CT molecular complexity index is 1000. The van der Waals surface area contributed by atoms with Crippen LogP contribution in [0.1, 0.15) is 61.1 Å². The minimum absolute atomic E-state index is 0.264. The number of hydrogen-bond donors (Lipinski definition) is 1. The van der Waals surface area contributed by atoms with E-state index in [1.165, 1.54) is 0 Å². The summed E-state index contributed by atoms with van der Waals surface area (Å²) in [4.78, 5) is 14.8. The molecule has 0 aliphatic heterocycles. The van der Waals surface area contributed by atoms with Gasteiger partial charge in [0.05, 0.1) is 0 Å². The number of ether oxygens (including phenoxy) is 1. The van der Waals surface area contributed by atoms with Gasteiger partial charge >= 0.3 is 0 Å². The highest BCUT2D eigenvalue weighted by Gasteiger charge is 2.14. The van der Waals surface area contributed by atoms with Crippen molar-refractivity contribution in [3.8, 4) is 5.75 Å². The number of benzene rings is 2. The number of nitrogens with one attached hydrogen (secondary N) is 1. The lowest BCUT2D eigenvalue weighted by Crippen LogP contribution is -2.21. The molecule has 31 heavy (non-hydrogen) atoms.